The standard InChI is InChI=1S/C23H24O7/c1-27-18-12-8-7-11-16(18)17-13-14-9-5-6-10-15(14)19(20(24)28-2)23(17,21(25)29-3)22(26)30-4/h5-12,17,19H,13H2,1-4H3/t17-,19-/m0/s1. The fraction of sp³-hybridized carbons (Fsp3) is 0.348. The number of rotatable bonds is 5. The minimum Gasteiger partial charge on any atom is -0.496 e. The molecular weight excluding hydrogens is 388 g/mol. The maximum Gasteiger partial charge on any atom is 0.325 e. The van der Waals surface area contributed by atoms with Crippen molar-refractivity contribution in [1.82, 2.24) is 0 Å². The molecule has 1 aliphatic carbocycles. The molecule has 7 heteroatoms. The molecule has 0 spiro atoms. The van der Waals surface area contributed by atoms with Gasteiger partial charge in [0.15, 0.2) is 5.41 Å². The second-order valence-electron chi connectivity index (χ2n) is 7.01. The summed E-state index contributed by atoms with van der Waals surface area (Å²) in [5.41, 5.74) is -0.0303. The van der Waals surface area contributed by atoms with Crippen molar-refractivity contribution >= 4 is 17.9 Å². The SMILES string of the molecule is COC(=O)[C@@H]1c2ccccc2C[C@@H](c2ccccc2OC)C1(C(=O)OC)C(=O)OC. The predicted octanol–water partition coefficient (Wildman–Crippen LogP) is 2.62. The molecule has 0 heterocycles. The number of ether oxygens (including phenoxy) is 4. The second-order valence-corrected chi connectivity index (χ2v) is 7.01. The summed E-state index contributed by atoms with van der Waals surface area (Å²) in [4.78, 5) is 39.7. The van der Waals surface area contributed by atoms with Gasteiger partial charge in [-0.15, -0.1) is 0 Å². The van der Waals surface area contributed by atoms with Crippen LogP contribution in [-0.2, 0) is 35.0 Å². The lowest BCUT2D eigenvalue weighted by atomic mass is 9.56. The highest BCUT2D eigenvalue weighted by Gasteiger charge is 2.66. The number of benzene rings is 2. The molecule has 0 bridgehead atoms. The van der Waals surface area contributed by atoms with Gasteiger partial charge >= 0.3 is 17.9 Å². The number of hydrogen-bond donors (Lipinski definition) is 0. The Kier molecular flexibility index (Phi) is 6.10. The van der Waals surface area contributed by atoms with Crippen molar-refractivity contribution < 1.29 is 33.3 Å². The lowest BCUT2D eigenvalue weighted by Gasteiger charge is -2.44. The van der Waals surface area contributed by atoms with Gasteiger partial charge in [0.1, 0.15) is 11.7 Å². The Hall–Kier alpha value is -3.35. The third-order valence-electron chi connectivity index (χ3n) is 5.79. The van der Waals surface area contributed by atoms with E-state index in [1.807, 2.05) is 12.1 Å². The topological polar surface area (TPSA) is 88.1 Å². The summed E-state index contributed by atoms with van der Waals surface area (Å²) >= 11 is 0. The Morgan fingerprint density at radius 1 is 0.800 bits per heavy atom. The summed E-state index contributed by atoms with van der Waals surface area (Å²) in [5, 5.41) is 0. The van der Waals surface area contributed by atoms with E-state index >= 15 is 0 Å². The Morgan fingerprint density at radius 3 is 1.93 bits per heavy atom. The predicted molar refractivity (Wildman–Crippen MR) is 107 cm³/mol. The second kappa shape index (κ2) is 8.57. The first-order chi connectivity index (χ1) is 14.5. The highest BCUT2D eigenvalue weighted by atomic mass is 16.6. The maximum absolute atomic E-state index is 13.3. The molecule has 0 fully saturated rings. The smallest absolute Gasteiger partial charge is 0.325 e. The molecule has 2 atom stereocenters. The lowest BCUT2D eigenvalue weighted by molar-refractivity contribution is -0.179. The molecule has 0 N–H and O–H groups in total. The first kappa shape index (κ1) is 21.4. The molecule has 0 aromatic heterocycles. The van der Waals surface area contributed by atoms with Gasteiger partial charge in [-0.1, -0.05) is 42.5 Å². The van der Waals surface area contributed by atoms with Gasteiger partial charge in [0, 0.05) is 5.92 Å². The Labute approximate surface area is 174 Å². The molecule has 0 saturated carbocycles. The maximum atomic E-state index is 13.3. The van der Waals surface area contributed by atoms with E-state index in [9.17, 15) is 14.4 Å². The van der Waals surface area contributed by atoms with Gasteiger partial charge in [0.2, 0.25) is 0 Å². The molecule has 30 heavy (non-hydrogen) atoms. The van der Waals surface area contributed by atoms with Gasteiger partial charge in [0.05, 0.1) is 28.4 Å². The molecule has 0 aliphatic heterocycles. The van der Waals surface area contributed by atoms with Crippen LogP contribution in [0.1, 0.15) is 28.5 Å². The average molecular weight is 412 g/mol. The van der Waals surface area contributed by atoms with Crippen LogP contribution in [0.5, 0.6) is 5.75 Å². The van der Waals surface area contributed by atoms with Crippen molar-refractivity contribution in [3.05, 3.63) is 65.2 Å². The molecule has 158 valence electrons. The van der Waals surface area contributed by atoms with Crippen LogP contribution >= 0.6 is 0 Å². The first-order valence-electron chi connectivity index (χ1n) is 9.42. The van der Waals surface area contributed by atoms with Crippen LogP contribution in [-0.4, -0.2) is 46.3 Å². The van der Waals surface area contributed by atoms with Crippen LogP contribution in [0.2, 0.25) is 0 Å². The fourth-order valence-electron chi connectivity index (χ4n) is 4.51. The van der Waals surface area contributed by atoms with Crippen molar-refractivity contribution in [1.29, 1.82) is 0 Å². The van der Waals surface area contributed by atoms with Crippen molar-refractivity contribution in [3.63, 3.8) is 0 Å². The fourth-order valence-corrected chi connectivity index (χ4v) is 4.51. The van der Waals surface area contributed by atoms with E-state index in [4.69, 9.17) is 18.9 Å². The van der Waals surface area contributed by atoms with Crippen LogP contribution < -0.4 is 4.74 Å². The minimum atomic E-state index is -1.99. The largest absolute Gasteiger partial charge is 0.496 e. The molecule has 0 saturated heterocycles. The van der Waals surface area contributed by atoms with Gasteiger partial charge in [0.25, 0.3) is 0 Å². The van der Waals surface area contributed by atoms with E-state index in [2.05, 4.69) is 0 Å². The highest BCUT2D eigenvalue weighted by Crippen LogP contribution is 2.56. The normalized spacial score (nSPS) is 19.2. The summed E-state index contributed by atoms with van der Waals surface area (Å²) in [5.74, 6) is -4.00. The number of hydrogen-bond acceptors (Lipinski definition) is 7. The molecule has 3 rings (SSSR count). The summed E-state index contributed by atoms with van der Waals surface area (Å²) in [6, 6.07) is 14.3. The number of carbonyl (C=O) groups excluding carboxylic acids is 3. The monoisotopic (exact) mass is 412 g/mol. The van der Waals surface area contributed by atoms with Crippen molar-refractivity contribution in [2.45, 2.75) is 18.3 Å². The lowest BCUT2D eigenvalue weighted by Crippen LogP contribution is -2.55. The quantitative estimate of drug-likeness (QED) is 0.424. The third-order valence-corrected chi connectivity index (χ3v) is 5.79. The van der Waals surface area contributed by atoms with Crippen molar-refractivity contribution in [2.24, 2.45) is 5.41 Å². The summed E-state index contributed by atoms with van der Waals surface area (Å²) < 4.78 is 20.7. The molecule has 0 amide bonds. The number of fused-ring (bicyclic) bond motifs is 1. The van der Waals surface area contributed by atoms with E-state index in [0.717, 1.165) is 5.56 Å². The minimum absolute atomic E-state index is 0.300. The number of esters is 3. The summed E-state index contributed by atoms with van der Waals surface area (Å²) in [6.07, 6.45) is 0.300. The number of methoxy groups -OCH3 is 4. The van der Waals surface area contributed by atoms with Gasteiger partial charge in [-0.05, 0) is 29.2 Å². The Morgan fingerprint density at radius 2 is 1.37 bits per heavy atom. The zero-order chi connectivity index (χ0) is 21.9. The Bertz CT molecular complexity index is 950. The van der Waals surface area contributed by atoms with Crippen LogP contribution in [0.4, 0.5) is 0 Å². The number of carbonyl (C=O) groups is 3. The first-order valence-corrected chi connectivity index (χ1v) is 9.42. The zero-order valence-corrected chi connectivity index (χ0v) is 17.3. The van der Waals surface area contributed by atoms with Gasteiger partial charge in [-0.3, -0.25) is 14.4 Å². The third kappa shape index (κ3) is 3.10. The van der Waals surface area contributed by atoms with Gasteiger partial charge < -0.3 is 18.9 Å². The van der Waals surface area contributed by atoms with E-state index in [1.54, 1.807) is 36.4 Å². The van der Waals surface area contributed by atoms with Crippen LogP contribution in [0.25, 0.3) is 0 Å². The highest BCUT2D eigenvalue weighted by molar-refractivity contribution is 6.07. The Balaban J connectivity index is 2.43. The average Bonchev–Trinajstić information content (AvgIpc) is 2.80. The van der Waals surface area contributed by atoms with E-state index in [1.165, 1.54) is 28.4 Å². The molecule has 7 nitrogen and oxygen atoms in total. The molecule has 2 aromatic carbocycles. The molecular formula is C23H24O7. The van der Waals surface area contributed by atoms with E-state index in [-0.39, 0.29) is 0 Å². The van der Waals surface area contributed by atoms with Crippen LogP contribution in [0.3, 0.4) is 0 Å². The molecule has 0 radical (unpaired) electrons. The molecule has 1 aliphatic rings. The van der Waals surface area contributed by atoms with Crippen LogP contribution in [0.15, 0.2) is 48.5 Å². The van der Waals surface area contributed by atoms with Crippen LogP contribution in [0, 0.1) is 5.41 Å². The molecule has 0 unspecified atom stereocenters. The van der Waals surface area contributed by atoms with Crippen molar-refractivity contribution in [2.75, 3.05) is 28.4 Å². The summed E-state index contributed by atoms with van der Waals surface area (Å²) in [7, 11) is 5.09. The van der Waals surface area contributed by atoms with Crippen molar-refractivity contribution in [3.8, 4) is 5.75 Å². The molecule has 2 aromatic rings. The number of para-hydroxylation sites is 1. The zero-order valence-electron chi connectivity index (χ0n) is 17.3. The van der Waals surface area contributed by atoms with E-state index < -0.39 is 35.2 Å². The van der Waals surface area contributed by atoms with E-state index in [0.29, 0.717) is 23.3 Å². The summed E-state index contributed by atoms with van der Waals surface area (Å²) in [6.45, 7) is 0. The van der Waals surface area contributed by atoms with Gasteiger partial charge in [-0.25, -0.2) is 0 Å². The van der Waals surface area contributed by atoms with Gasteiger partial charge in [-0.2, -0.15) is 0 Å².